The monoisotopic (exact) mass is 467 g/mol. The number of piperazine rings is 1. The van der Waals surface area contributed by atoms with Crippen LogP contribution < -0.4 is 25.6 Å². The van der Waals surface area contributed by atoms with Gasteiger partial charge in [0.2, 0.25) is 0 Å². The van der Waals surface area contributed by atoms with E-state index in [0.717, 1.165) is 37.2 Å². The topological polar surface area (TPSA) is 78.5 Å². The van der Waals surface area contributed by atoms with Gasteiger partial charge in [0.1, 0.15) is 18.2 Å². The average molecular weight is 468 g/mol. The Morgan fingerprint density at radius 1 is 1.21 bits per heavy atom. The van der Waals surface area contributed by atoms with Gasteiger partial charge in [0.05, 0.1) is 17.3 Å². The number of amides is 1. The molecule has 5 heterocycles. The van der Waals surface area contributed by atoms with Crippen LogP contribution in [0.1, 0.15) is 46.7 Å². The number of rotatable bonds is 3. The van der Waals surface area contributed by atoms with Crippen LogP contribution in [0.15, 0.2) is 18.3 Å². The van der Waals surface area contributed by atoms with Crippen LogP contribution >= 0.6 is 0 Å². The molecule has 2 saturated heterocycles. The average Bonchev–Trinajstić information content (AvgIpc) is 3.58. The molecule has 9 heteroatoms. The Balaban J connectivity index is 1.08. The molecule has 3 fully saturated rings. The number of hydrogen-bond acceptors (Lipinski definition) is 6. The predicted octanol–water partition coefficient (Wildman–Crippen LogP) is 2.56. The fourth-order valence-electron chi connectivity index (χ4n) is 6.16. The minimum Gasteiger partial charge on any atom is -0.488 e. The van der Waals surface area contributed by atoms with Crippen molar-refractivity contribution in [3.63, 3.8) is 0 Å². The summed E-state index contributed by atoms with van der Waals surface area (Å²) in [7, 11) is 0. The van der Waals surface area contributed by atoms with Crippen molar-refractivity contribution in [2.75, 3.05) is 36.5 Å². The van der Waals surface area contributed by atoms with E-state index in [0.29, 0.717) is 42.6 Å². The number of anilines is 2. The Labute approximate surface area is 196 Å². The summed E-state index contributed by atoms with van der Waals surface area (Å²) in [5.41, 5.74) is 2.03. The first-order valence-corrected chi connectivity index (χ1v) is 12.2. The molecular weight excluding hydrogens is 440 g/mol. The van der Waals surface area contributed by atoms with Crippen LogP contribution in [0.25, 0.3) is 0 Å². The lowest BCUT2D eigenvalue weighted by Crippen LogP contribution is -2.51. The normalized spacial score (nSPS) is 30.4. The lowest BCUT2D eigenvalue weighted by atomic mass is 9.99. The first-order chi connectivity index (χ1) is 16.5. The van der Waals surface area contributed by atoms with Gasteiger partial charge in [0, 0.05) is 56.0 Å². The van der Waals surface area contributed by atoms with Crippen molar-refractivity contribution >= 4 is 17.4 Å². The summed E-state index contributed by atoms with van der Waals surface area (Å²) < 4.78 is 36.2. The number of nitrogens with one attached hydrogen (secondary N) is 3. The van der Waals surface area contributed by atoms with Crippen molar-refractivity contribution in [2.45, 2.75) is 49.7 Å². The summed E-state index contributed by atoms with van der Waals surface area (Å²) in [6.45, 7) is 2.36. The summed E-state index contributed by atoms with van der Waals surface area (Å²) in [6, 6.07) is 3.38. The highest BCUT2D eigenvalue weighted by Gasteiger charge is 2.43. The van der Waals surface area contributed by atoms with Crippen molar-refractivity contribution in [2.24, 2.45) is 5.92 Å². The van der Waals surface area contributed by atoms with E-state index in [1.807, 2.05) is 11.0 Å². The van der Waals surface area contributed by atoms with E-state index in [-0.39, 0.29) is 35.9 Å². The fourth-order valence-corrected chi connectivity index (χ4v) is 6.16. The second-order valence-electron chi connectivity index (χ2n) is 10.4. The second-order valence-corrected chi connectivity index (χ2v) is 10.4. The zero-order chi connectivity index (χ0) is 23.0. The van der Waals surface area contributed by atoms with Crippen LogP contribution in [0.5, 0.6) is 5.75 Å². The summed E-state index contributed by atoms with van der Waals surface area (Å²) in [5, 5.41) is 9.75. The Morgan fingerprint density at radius 2 is 2.03 bits per heavy atom. The number of carbonyl (C=O) groups is 1. The number of hydrogen-bond donors (Lipinski definition) is 3. The lowest BCUT2D eigenvalue weighted by Gasteiger charge is -2.36. The molecule has 34 heavy (non-hydrogen) atoms. The molecule has 1 saturated carbocycles. The van der Waals surface area contributed by atoms with E-state index in [4.69, 9.17) is 4.74 Å². The Morgan fingerprint density at radius 3 is 2.85 bits per heavy atom. The third-order valence-corrected chi connectivity index (χ3v) is 8.06. The zero-order valence-electron chi connectivity index (χ0n) is 18.7. The third kappa shape index (κ3) is 3.32. The van der Waals surface area contributed by atoms with Gasteiger partial charge in [-0.15, -0.1) is 0 Å². The maximum atomic E-state index is 15.4. The summed E-state index contributed by atoms with van der Waals surface area (Å²) >= 11 is 0. The van der Waals surface area contributed by atoms with Crippen LogP contribution in [0.3, 0.4) is 0 Å². The van der Waals surface area contributed by atoms with Crippen molar-refractivity contribution < 1.29 is 18.3 Å². The first kappa shape index (κ1) is 20.4. The van der Waals surface area contributed by atoms with Gasteiger partial charge in [0.15, 0.2) is 11.6 Å². The molecule has 1 amide bonds. The number of aromatic nitrogens is 1. The molecular formula is C25H27F2N5O2. The van der Waals surface area contributed by atoms with Crippen LogP contribution in [0.4, 0.5) is 20.3 Å². The van der Waals surface area contributed by atoms with Crippen LogP contribution in [0.2, 0.25) is 0 Å². The molecule has 0 spiro atoms. The SMILES string of the molecule is O=C(N[C@H]1COc2c(F)c(N3CC4CCC(C3)N4)cc(F)c2C1)c1cnc2c(c1)C1C[C@H]1CN2. The predicted molar refractivity (Wildman–Crippen MR) is 123 cm³/mol. The van der Waals surface area contributed by atoms with Gasteiger partial charge >= 0.3 is 0 Å². The summed E-state index contributed by atoms with van der Waals surface area (Å²) in [6.07, 6.45) is 5.00. The quantitative estimate of drug-likeness (QED) is 0.644. The maximum Gasteiger partial charge on any atom is 0.253 e. The highest BCUT2D eigenvalue weighted by atomic mass is 19.1. The molecule has 1 aromatic heterocycles. The smallest absolute Gasteiger partial charge is 0.253 e. The fraction of sp³-hybridized carbons (Fsp3) is 0.520. The first-order valence-electron chi connectivity index (χ1n) is 12.2. The van der Waals surface area contributed by atoms with Gasteiger partial charge in [-0.1, -0.05) is 0 Å². The molecule has 2 aromatic rings. The molecule has 7 rings (SSSR count). The van der Waals surface area contributed by atoms with E-state index in [9.17, 15) is 4.79 Å². The van der Waals surface area contributed by atoms with Crippen molar-refractivity contribution in [1.82, 2.24) is 15.6 Å². The molecule has 2 bridgehead atoms. The van der Waals surface area contributed by atoms with E-state index in [2.05, 4.69) is 20.9 Å². The van der Waals surface area contributed by atoms with Gasteiger partial charge in [-0.25, -0.2) is 13.8 Å². The number of carbonyl (C=O) groups excluding carboxylic acids is 1. The van der Waals surface area contributed by atoms with Crippen molar-refractivity contribution in [3.8, 4) is 5.75 Å². The summed E-state index contributed by atoms with van der Waals surface area (Å²) in [5.74, 6) is 0.687. The molecule has 7 nitrogen and oxygen atoms in total. The van der Waals surface area contributed by atoms with E-state index >= 15 is 8.78 Å². The Kier molecular flexibility index (Phi) is 4.53. The molecule has 3 N–H and O–H groups in total. The lowest BCUT2D eigenvalue weighted by molar-refractivity contribution is 0.0912. The van der Waals surface area contributed by atoms with Crippen molar-refractivity contribution in [3.05, 3.63) is 46.7 Å². The van der Waals surface area contributed by atoms with E-state index < -0.39 is 17.7 Å². The van der Waals surface area contributed by atoms with Gasteiger partial charge < -0.3 is 25.6 Å². The number of pyridine rings is 1. The molecule has 1 aromatic carbocycles. The minimum atomic E-state index is -0.507. The van der Waals surface area contributed by atoms with Crippen molar-refractivity contribution in [1.29, 1.82) is 0 Å². The second kappa shape index (κ2) is 7.53. The maximum absolute atomic E-state index is 15.4. The molecule has 5 atom stereocenters. The molecule has 1 aliphatic carbocycles. The zero-order valence-corrected chi connectivity index (χ0v) is 18.7. The van der Waals surface area contributed by atoms with Gasteiger partial charge in [-0.05, 0) is 42.7 Å². The Hall–Kier alpha value is -2.94. The minimum absolute atomic E-state index is 0.0207. The molecule has 178 valence electrons. The standard InChI is InChI=1S/C25H27F2N5O2/c26-20-6-21(32-9-14-1-2-15(10-32)30-14)22(27)23-19(20)5-16(11-34-23)31-25(33)13-4-18-17-3-12(17)7-28-24(18)29-8-13/h4,6,8,12,14-17,30H,1-3,5,7,9-11H2,(H,28,29)(H,31,33)/t12-,14?,15?,16+,17?/m0/s1. The number of nitrogens with zero attached hydrogens (tertiary/aromatic N) is 2. The highest BCUT2D eigenvalue weighted by molar-refractivity contribution is 5.94. The van der Waals surface area contributed by atoms with E-state index in [1.165, 1.54) is 6.07 Å². The molecule has 0 radical (unpaired) electrons. The molecule has 5 aliphatic rings. The largest absolute Gasteiger partial charge is 0.488 e. The Bertz CT molecular complexity index is 1180. The van der Waals surface area contributed by atoms with Gasteiger partial charge in [-0.2, -0.15) is 0 Å². The van der Waals surface area contributed by atoms with Crippen LogP contribution in [-0.2, 0) is 6.42 Å². The molecule has 4 aliphatic heterocycles. The van der Waals surface area contributed by atoms with Gasteiger partial charge in [0.25, 0.3) is 5.91 Å². The van der Waals surface area contributed by atoms with Crippen LogP contribution in [0, 0.1) is 17.6 Å². The van der Waals surface area contributed by atoms with Crippen LogP contribution in [-0.4, -0.2) is 55.3 Å². The summed E-state index contributed by atoms with van der Waals surface area (Å²) in [4.78, 5) is 19.3. The number of halogens is 2. The third-order valence-electron chi connectivity index (χ3n) is 8.06. The number of benzene rings is 1. The molecule has 3 unspecified atom stereocenters. The van der Waals surface area contributed by atoms with Gasteiger partial charge in [-0.3, -0.25) is 4.79 Å². The highest BCUT2D eigenvalue weighted by Crippen LogP contribution is 2.52. The van der Waals surface area contributed by atoms with E-state index in [1.54, 1.807) is 6.20 Å². The number of fused-ring (bicyclic) bond motifs is 6. The number of ether oxygens (including phenoxy) is 1.